The maximum atomic E-state index is 12.5. The van der Waals surface area contributed by atoms with Crippen molar-refractivity contribution in [3.8, 4) is 10.4 Å². The highest BCUT2D eigenvalue weighted by Gasteiger charge is 2.22. The van der Waals surface area contributed by atoms with Crippen LogP contribution in [0, 0.1) is 0 Å². The lowest BCUT2D eigenvalue weighted by molar-refractivity contribution is 0.0699. The van der Waals surface area contributed by atoms with Crippen LogP contribution < -0.4 is 5.32 Å². The molecule has 0 aliphatic carbocycles. The Kier molecular flexibility index (Phi) is 4.43. The van der Waals surface area contributed by atoms with Gasteiger partial charge in [0.15, 0.2) is 5.76 Å². The second-order valence-electron chi connectivity index (χ2n) is 5.77. The molecule has 0 saturated carbocycles. The predicted molar refractivity (Wildman–Crippen MR) is 106 cm³/mol. The molecule has 0 fully saturated rings. The normalized spacial score (nSPS) is 10.9. The van der Waals surface area contributed by atoms with Crippen molar-refractivity contribution in [3.05, 3.63) is 76.3 Å². The van der Waals surface area contributed by atoms with Crippen LogP contribution in [0.25, 0.3) is 21.4 Å². The maximum Gasteiger partial charge on any atom is 0.339 e. The number of furan rings is 1. The molecule has 7 heteroatoms. The smallest absolute Gasteiger partial charge is 0.339 e. The van der Waals surface area contributed by atoms with Gasteiger partial charge in [-0.3, -0.25) is 4.79 Å². The van der Waals surface area contributed by atoms with E-state index in [1.54, 1.807) is 41.8 Å². The second kappa shape index (κ2) is 6.90. The summed E-state index contributed by atoms with van der Waals surface area (Å²) in [5, 5.41) is 15.3. The van der Waals surface area contributed by atoms with Crippen LogP contribution in [0.15, 0.2) is 64.4 Å². The van der Waals surface area contributed by atoms with E-state index in [0.29, 0.717) is 21.0 Å². The van der Waals surface area contributed by atoms with Crippen LogP contribution in [0.3, 0.4) is 0 Å². The van der Waals surface area contributed by atoms with Crippen molar-refractivity contribution in [2.45, 2.75) is 0 Å². The standard InChI is InChI=1S/C20H12ClNO4S/c21-13-7-5-11(6-8-13)18-17(20(24)25)14(10-27-18)22-19(23)16-9-12-3-1-2-4-15(12)26-16/h1-10H,(H,22,23)(H,24,25). The van der Waals surface area contributed by atoms with Crippen molar-refractivity contribution in [3.63, 3.8) is 0 Å². The number of carbonyl (C=O) groups is 2. The van der Waals surface area contributed by atoms with Crippen LogP contribution in [-0.4, -0.2) is 17.0 Å². The fraction of sp³-hybridized carbons (Fsp3) is 0. The number of benzene rings is 2. The fourth-order valence-corrected chi connectivity index (χ4v) is 3.88. The van der Waals surface area contributed by atoms with E-state index in [1.807, 2.05) is 18.2 Å². The zero-order chi connectivity index (χ0) is 19.0. The summed E-state index contributed by atoms with van der Waals surface area (Å²) in [7, 11) is 0. The Balaban J connectivity index is 1.68. The van der Waals surface area contributed by atoms with E-state index < -0.39 is 11.9 Å². The summed E-state index contributed by atoms with van der Waals surface area (Å²) in [5.41, 5.74) is 1.56. The van der Waals surface area contributed by atoms with E-state index in [9.17, 15) is 14.7 Å². The van der Waals surface area contributed by atoms with Gasteiger partial charge in [0.05, 0.1) is 10.6 Å². The average molecular weight is 398 g/mol. The van der Waals surface area contributed by atoms with E-state index in [-0.39, 0.29) is 17.0 Å². The minimum atomic E-state index is -1.12. The molecule has 5 nitrogen and oxygen atoms in total. The van der Waals surface area contributed by atoms with E-state index >= 15 is 0 Å². The molecule has 0 aliphatic heterocycles. The second-order valence-corrected chi connectivity index (χ2v) is 7.08. The third-order valence-electron chi connectivity index (χ3n) is 4.01. The van der Waals surface area contributed by atoms with Gasteiger partial charge in [0, 0.05) is 15.8 Å². The van der Waals surface area contributed by atoms with Gasteiger partial charge in [-0.05, 0) is 29.8 Å². The molecule has 0 saturated heterocycles. The third kappa shape index (κ3) is 3.32. The molecule has 0 unspecified atom stereocenters. The van der Waals surface area contributed by atoms with Crippen molar-refractivity contribution in [1.82, 2.24) is 0 Å². The first-order valence-electron chi connectivity index (χ1n) is 7.93. The number of anilines is 1. The third-order valence-corrected chi connectivity index (χ3v) is 5.29. The Morgan fingerprint density at radius 2 is 1.81 bits per heavy atom. The number of aromatic carboxylic acids is 1. The molecule has 2 N–H and O–H groups in total. The number of nitrogens with one attached hydrogen (secondary N) is 1. The van der Waals surface area contributed by atoms with Gasteiger partial charge in [0.2, 0.25) is 0 Å². The molecule has 4 rings (SSSR count). The highest BCUT2D eigenvalue weighted by Crippen LogP contribution is 2.37. The molecule has 2 heterocycles. The Morgan fingerprint density at radius 1 is 1.07 bits per heavy atom. The predicted octanol–water partition coefficient (Wildman–Crippen LogP) is 5.77. The first kappa shape index (κ1) is 17.3. The minimum absolute atomic E-state index is 0.0341. The minimum Gasteiger partial charge on any atom is -0.478 e. The summed E-state index contributed by atoms with van der Waals surface area (Å²) in [5.74, 6) is -1.51. The van der Waals surface area contributed by atoms with E-state index in [0.717, 1.165) is 5.39 Å². The number of hydrogen-bond donors (Lipinski definition) is 2. The molecule has 27 heavy (non-hydrogen) atoms. The molecular formula is C20H12ClNO4S. The van der Waals surface area contributed by atoms with Crippen molar-refractivity contribution >= 4 is 51.5 Å². The number of carboxylic acids is 1. The van der Waals surface area contributed by atoms with Crippen LogP contribution in [-0.2, 0) is 0 Å². The van der Waals surface area contributed by atoms with Gasteiger partial charge >= 0.3 is 5.97 Å². The number of para-hydroxylation sites is 1. The molecule has 1 amide bonds. The Labute approximate surface area is 162 Å². The first-order chi connectivity index (χ1) is 13.0. The van der Waals surface area contributed by atoms with Crippen LogP contribution in [0.4, 0.5) is 5.69 Å². The van der Waals surface area contributed by atoms with E-state index in [4.69, 9.17) is 16.0 Å². The number of carbonyl (C=O) groups excluding carboxylic acids is 1. The van der Waals surface area contributed by atoms with Gasteiger partial charge < -0.3 is 14.8 Å². The highest BCUT2D eigenvalue weighted by atomic mass is 35.5. The van der Waals surface area contributed by atoms with Crippen LogP contribution in [0.5, 0.6) is 0 Å². The number of carboxylic acid groups (broad SMARTS) is 1. The number of amides is 1. The first-order valence-corrected chi connectivity index (χ1v) is 9.19. The number of fused-ring (bicyclic) bond motifs is 1. The lowest BCUT2D eigenvalue weighted by atomic mass is 10.1. The Hall–Kier alpha value is -3.09. The van der Waals surface area contributed by atoms with Crippen LogP contribution in [0.1, 0.15) is 20.9 Å². The fourth-order valence-electron chi connectivity index (χ4n) is 2.75. The SMILES string of the molecule is O=C(Nc1csc(-c2ccc(Cl)cc2)c1C(=O)O)c1cc2ccccc2o1. The van der Waals surface area contributed by atoms with Crippen LogP contribution >= 0.6 is 22.9 Å². The molecule has 0 bridgehead atoms. The highest BCUT2D eigenvalue weighted by molar-refractivity contribution is 7.14. The summed E-state index contributed by atoms with van der Waals surface area (Å²) in [4.78, 5) is 24.9. The van der Waals surface area contributed by atoms with Gasteiger partial charge in [-0.2, -0.15) is 0 Å². The number of thiophene rings is 1. The lowest BCUT2D eigenvalue weighted by Gasteiger charge is -2.05. The van der Waals surface area contributed by atoms with Gasteiger partial charge in [-0.25, -0.2) is 4.79 Å². The van der Waals surface area contributed by atoms with Crippen molar-refractivity contribution in [1.29, 1.82) is 0 Å². The molecule has 134 valence electrons. The van der Waals surface area contributed by atoms with E-state index in [1.165, 1.54) is 11.3 Å². The molecule has 0 atom stereocenters. The Bertz CT molecular complexity index is 1130. The van der Waals surface area contributed by atoms with Crippen LogP contribution in [0.2, 0.25) is 5.02 Å². The number of halogens is 1. The summed E-state index contributed by atoms with van der Waals surface area (Å²) >= 11 is 7.13. The molecule has 0 radical (unpaired) electrons. The maximum absolute atomic E-state index is 12.5. The average Bonchev–Trinajstić information content (AvgIpc) is 3.26. The largest absolute Gasteiger partial charge is 0.478 e. The molecular weight excluding hydrogens is 386 g/mol. The topological polar surface area (TPSA) is 79.5 Å². The monoisotopic (exact) mass is 397 g/mol. The summed E-state index contributed by atoms with van der Waals surface area (Å²) in [6.45, 7) is 0. The van der Waals surface area contributed by atoms with Crippen molar-refractivity contribution < 1.29 is 19.1 Å². The lowest BCUT2D eigenvalue weighted by Crippen LogP contribution is -2.13. The van der Waals surface area contributed by atoms with Gasteiger partial charge in [0.25, 0.3) is 5.91 Å². The van der Waals surface area contributed by atoms with Crippen molar-refractivity contribution in [2.75, 3.05) is 5.32 Å². The quantitative estimate of drug-likeness (QED) is 0.458. The Morgan fingerprint density at radius 3 is 2.52 bits per heavy atom. The van der Waals surface area contributed by atoms with Gasteiger partial charge in [-0.1, -0.05) is 41.9 Å². The molecule has 0 aliphatic rings. The molecule has 4 aromatic rings. The summed E-state index contributed by atoms with van der Waals surface area (Å²) in [6, 6.07) is 15.7. The molecule has 0 spiro atoms. The zero-order valence-corrected chi connectivity index (χ0v) is 15.3. The molecule has 2 aromatic heterocycles. The van der Waals surface area contributed by atoms with E-state index in [2.05, 4.69) is 5.32 Å². The summed E-state index contributed by atoms with van der Waals surface area (Å²) in [6.07, 6.45) is 0. The number of hydrogen-bond acceptors (Lipinski definition) is 4. The molecule has 2 aromatic carbocycles. The van der Waals surface area contributed by atoms with Crippen molar-refractivity contribution in [2.24, 2.45) is 0 Å². The zero-order valence-electron chi connectivity index (χ0n) is 13.7. The summed E-state index contributed by atoms with van der Waals surface area (Å²) < 4.78 is 5.54. The van der Waals surface area contributed by atoms with Gasteiger partial charge in [-0.15, -0.1) is 11.3 Å². The number of rotatable bonds is 4. The van der Waals surface area contributed by atoms with Gasteiger partial charge in [0.1, 0.15) is 11.1 Å².